The van der Waals surface area contributed by atoms with E-state index in [2.05, 4.69) is 6.92 Å². The number of carbonyl (C=O) groups is 1. The summed E-state index contributed by atoms with van der Waals surface area (Å²) in [5.74, 6) is -0.780. The predicted octanol–water partition coefficient (Wildman–Crippen LogP) is 3.83. The van der Waals surface area contributed by atoms with Crippen molar-refractivity contribution in [3.05, 3.63) is 24.3 Å². The SMILES string of the molecule is CCCCCCCCC(O)C(O)C=CC=CCCCC(=O)O. The Morgan fingerprint density at radius 2 is 1.68 bits per heavy atom. The lowest BCUT2D eigenvalue weighted by Gasteiger charge is -2.14. The minimum atomic E-state index is -0.834. The number of unbranched alkanes of at least 4 members (excludes halogenated alkanes) is 6. The summed E-state index contributed by atoms with van der Waals surface area (Å²) in [6.45, 7) is 2.19. The molecule has 0 aromatic rings. The van der Waals surface area contributed by atoms with Gasteiger partial charge in [-0.25, -0.2) is 0 Å². The molecule has 0 aliphatic rings. The summed E-state index contributed by atoms with van der Waals surface area (Å²) in [4.78, 5) is 10.3. The molecule has 0 spiro atoms. The van der Waals surface area contributed by atoms with Gasteiger partial charge in [-0.2, -0.15) is 0 Å². The third kappa shape index (κ3) is 13.8. The van der Waals surface area contributed by atoms with E-state index in [4.69, 9.17) is 5.11 Å². The maximum absolute atomic E-state index is 10.3. The van der Waals surface area contributed by atoms with Crippen LogP contribution < -0.4 is 0 Å². The largest absolute Gasteiger partial charge is 0.481 e. The van der Waals surface area contributed by atoms with Crippen molar-refractivity contribution in [1.29, 1.82) is 0 Å². The summed E-state index contributed by atoms with van der Waals surface area (Å²) in [6.07, 6.45) is 14.5. The van der Waals surface area contributed by atoms with Crippen LogP contribution >= 0.6 is 0 Å². The molecule has 0 radical (unpaired) electrons. The fourth-order valence-corrected chi connectivity index (χ4v) is 2.16. The molecule has 4 nitrogen and oxygen atoms in total. The number of carboxylic acids is 1. The van der Waals surface area contributed by atoms with Gasteiger partial charge in [-0.05, 0) is 19.3 Å². The third-order valence-electron chi connectivity index (χ3n) is 3.56. The average Bonchev–Trinajstić information content (AvgIpc) is 2.49. The zero-order valence-corrected chi connectivity index (χ0v) is 13.8. The van der Waals surface area contributed by atoms with Gasteiger partial charge in [-0.3, -0.25) is 4.79 Å². The number of hydrogen-bond acceptors (Lipinski definition) is 3. The number of aliphatic hydroxyl groups is 2. The van der Waals surface area contributed by atoms with E-state index in [1.807, 2.05) is 6.08 Å². The first kappa shape index (κ1) is 20.9. The minimum Gasteiger partial charge on any atom is -0.481 e. The molecule has 0 bridgehead atoms. The first-order valence-electron chi connectivity index (χ1n) is 8.49. The van der Waals surface area contributed by atoms with Crippen LogP contribution in [0.1, 0.15) is 71.1 Å². The molecule has 0 aromatic heterocycles. The van der Waals surface area contributed by atoms with Crippen molar-refractivity contribution in [1.82, 2.24) is 0 Å². The van der Waals surface area contributed by atoms with Crippen LogP contribution in [0.2, 0.25) is 0 Å². The molecule has 0 heterocycles. The van der Waals surface area contributed by atoms with Gasteiger partial charge in [0.25, 0.3) is 0 Å². The van der Waals surface area contributed by atoms with Gasteiger partial charge in [-0.1, -0.05) is 69.8 Å². The fraction of sp³-hybridized carbons (Fsp3) is 0.722. The molecule has 22 heavy (non-hydrogen) atoms. The highest BCUT2D eigenvalue weighted by Crippen LogP contribution is 2.11. The highest BCUT2D eigenvalue weighted by Gasteiger charge is 2.11. The molecule has 0 amide bonds. The summed E-state index contributed by atoms with van der Waals surface area (Å²) < 4.78 is 0. The quantitative estimate of drug-likeness (QED) is 0.336. The van der Waals surface area contributed by atoms with Crippen LogP contribution in [0.3, 0.4) is 0 Å². The maximum Gasteiger partial charge on any atom is 0.303 e. The first-order chi connectivity index (χ1) is 10.6. The standard InChI is InChI=1S/C18H32O4/c1-2-3-4-5-7-10-13-16(19)17(20)14-11-8-6-9-12-15-18(21)22/h6,8,11,14,16-17,19-20H,2-5,7,9-10,12-13,15H2,1H3,(H,21,22). The van der Waals surface area contributed by atoms with Crippen LogP contribution in [-0.4, -0.2) is 33.5 Å². The smallest absolute Gasteiger partial charge is 0.303 e. The second kappa shape index (κ2) is 14.8. The Morgan fingerprint density at radius 1 is 1.00 bits per heavy atom. The van der Waals surface area contributed by atoms with Gasteiger partial charge in [0.15, 0.2) is 0 Å². The second-order valence-corrected chi connectivity index (χ2v) is 5.71. The van der Waals surface area contributed by atoms with E-state index in [1.165, 1.54) is 25.7 Å². The number of allylic oxidation sites excluding steroid dienone is 3. The van der Waals surface area contributed by atoms with Gasteiger partial charge < -0.3 is 15.3 Å². The lowest BCUT2D eigenvalue weighted by Crippen LogP contribution is -2.23. The van der Waals surface area contributed by atoms with Gasteiger partial charge >= 0.3 is 5.97 Å². The lowest BCUT2D eigenvalue weighted by atomic mass is 10.0. The lowest BCUT2D eigenvalue weighted by molar-refractivity contribution is -0.137. The van der Waals surface area contributed by atoms with Crippen molar-refractivity contribution < 1.29 is 20.1 Å². The molecule has 3 N–H and O–H groups in total. The summed E-state index contributed by atoms with van der Waals surface area (Å²) in [7, 11) is 0. The highest BCUT2D eigenvalue weighted by atomic mass is 16.4. The molecule has 0 aliphatic heterocycles. The highest BCUT2D eigenvalue weighted by molar-refractivity contribution is 5.66. The fourth-order valence-electron chi connectivity index (χ4n) is 2.16. The van der Waals surface area contributed by atoms with Crippen molar-refractivity contribution in [2.24, 2.45) is 0 Å². The minimum absolute atomic E-state index is 0.174. The Hall–Kier alpha value is -1.13. The number of hydrogen-bond donors (Lipinski definition) is 3. The van der Waals surface area contributed by atoms with Gasteiger partial charge in [-0.15, -0.1) is 0 Å². The summed E-state index contributed by atoms with van der Waals surface area (Å²) >= 11 is 0. The number of rotatable bonds is 14. The summed E-state index contributed by atoms with van der Waals surface area (Å²) in [5, 5.41) is 28.1. The molecule has 4 heteroatoms. The molecule has 2 unspecified atom stereocenters. The van der Waals surface area contributed by atoms with Crippen LogP contribution in [0.15, 0.2) is 24.3 Å². The van der Waals surface area contributed by atoms with Gasteiger partial charge in [0.2, 0.25) is 0 Å². The van der Waals surface area contributed by atoms with Crippen LogP contribution in [0.5, 0.6) is 0 Å². The topological polar surface area (TPSA) is 77.8 Å². The van der Waals surface area contributed by atoms with E-state index >= 15 is 0 Å². The number of aliphatic carboxylic acids is 1. The molecule has 128 valence electrons. The van der Waals surface area contributed by atoms with E-state index in [0.717, 1.165) is 12.8 Å². The van der Waals surface area contributed by atoms with Crippen molar-refractivity contribution >= 4 is 5.97 Å². The summed E-state index contributed by atoms with van der Waals surface area (Å²) in [6, 6.07) is 0. The second-order valence-electron chi connectivity index (χ2n) is 5.71. The molecular formula is C18H32O4. The Morgan fingerprint density at radius 3 is 2.36 bits per heavy atom. The number of carboxylic acid groups (broad SMARTS) is 1. The maximum atomic E-state index is 10.3. The Labute approximate surface area is 134 Å². The molecule has 0 rings (SSSR count). The first-order valence-corrected chi connectivity index (χ1v) is 8.49. The van der Waals surface area contributed by atoms with Gasteiger partial charge in [0, 0.05) is 6.42 Å². The molecule has 2 atom stereocenters. The van der Waals surface area contributed by atoms with Crippen LogP contribution in [0.4, 0.5) is 0 Å². The Bertz CT molecular complexity index is 323. The average molecular weight is 312 g/mol. The molecule has 0 aromatic carbocycles. The zero-order chi connectivity index (χ0) is 16.6. The van der Waals surface area contributed by atoms with Crippen LogP contribution in [-0.2, 0) is 4.79 Å². The normalized spacial score (nSPS) is 14.7. The van der Waals surface area contributed by atoms with Crippen molar-refractivity contribution in [3.8, 4) is 0 Å². The molecule has 0 saturated heterocycles. The molecule has 0 saturated carbocycles. The zero-order valence-electron chi connectivity index (χ0n) is 13.8. The monoisotopic (exact) mass is 312 g/mol. The van der Waals surface area contributed by atoms with Crippen LogP contribution in [0, 0.1) is 0 Å². The Balaban J connectivity index is 3.66. The number of aliphatic hydroxyl groups excluding tert-OH is 2. The van der Waals surface area contributed by atoms with Crippen molar-refractivity contribution in [2.45, 2.75) is 83.3 Å². The summed E-state index contributed by atoms with van der Waals surface area (Å²) in [5.41, 5.74) is 0. The van der Waals surface area contributed by atoms with E-state index in [0.29, 0.717) is 19.3 Å². The predicted molar refractivity (Wildman–Crippen MR) is 89.8 cm³/mol. The van der Waals surface area contributed by atoms with Crippen molar-refractivity contribution in [3.63, 3.8) is 0 Å². The Kier molecular flexibility index (Phi) is 14.0. The van der Waals surface area contributed by atoms with Crippen molar-refractivity contribution in [2.75, 3.05) is 0 Å². The van der Waals surface area contributed by atoms with E-state index in [-0.39, 0.29) is 6.42 Å². The van der Waals surface area contributed by atoms with E-state index in [1.54, 1.807) is 18.2 Å². The van der Waals surface area contributed by atoms with Crippen LogP contribution in [0.25, 0.3) is 0 Å². The third-order valence-corrected chi connectivity index (χ3v) is 3.56. The van der Waals surface area contributed by atoms with E-state index < -0.39 is 18.2 Å². The molecular weight excluding hydrogens is 280 g/mol. The molecule has 0 fully saturated rings. The molecule has 0 aliphatic carbocycles. The van der Waals surface area contributed by atoms with Gasteiger partial charge in [0.05, 0.1) is 12.2 Å². The van der Waals surface area contributed by atoms with E-state index in [9.17, 15) is 15.0 Å². The van der Waals surface area contributed by atoms with Gasteiger partial charge in [0.1, 0.15) is 0 Å².